The fourth-order valence-electron chi connectivity index (χ4n) is 4.66. The largest absolute Gasteiger partial charge is 0.332 e. The molecule has 1 spiro atoms. The van der Waals surface area contributed by atoms with Crippen LogP contribution in [0, 0.1) is 5.92 Å². The van der Waals surface area contributed by atoms with Crippen LogP contribution >= 0.6 is 0 Å². The Kier molecular flexibility index (Phi) is 2.91. The Morgan fingerprint density at radius 3 is 2.79 bits per heavy atom. The number of hydrogen-bond acceptors (Lipinski definition) is 2. The van der Waals surface area contributed by atoms with Gasteiger partial charge in [0.2, 0.25) is 0 Å². The van der Waals surface area contributed by atoms with Crippen molar-refractivity contribution in [1.82, 2.24) is 14.9 Å². The molecule has 3 nitrogen and oxygen atoms in total. The van der Waals surface area contributed by atoms with Gasteiger partial charge in [-0.25, -0.2) is 4.98 Å². The van der Waals surface area contributed by atoms with Crippen molar-refractivity contribution in [2.24, 2.45) is 5.92 Å². The number of imidazole rings is 1. The van der Waals surface area contributed by atoms with Crippen molar-refractivity contribution >= 4 is 0 Å². The van der Waals surface area contributed by atoms with Crippen molar-refractivity contribution in [3.05, 3.63) is 17.7 Å². The Bertz CT molecular complexity index is 451. The molecule has 1 aromatic heterocycles. The smallest absolute Gasteiger partial charge is 0.0952 e. The zero-order chi connectivity index (χ0) is 12.7. The fraction of sp³-hybridized carbons (Fsp3) is 0.812. The summed E-state index contributed by atoms with van der Waals surface area (Å²) in [6.07, 6.45) is 14.4. The van der Waals surface area contributed by atoms with Crippen molar-refractivity contribution < 1.29 is 0 Å². The maximum absolute atomic E-state index is 4.74. The van der Waals surface area contributed by atoms with Crippen molar-refractivity contribution in [3.8, 4) is 0 Å². The van der Waals surface area contributed by atoms with E-state index in [-0.39, 0.29) is 5.54 Å². The Hall–Kier alpha value is -0.830. The lowest BCUT2D eigenvalue weighted by Crippen LogP contribution is -2.46. The zero-order valence-corrected chi connectivity index (χ0v) is 11.8. The number of aromatic nitrogens is 2. The van der Waals surface area contributed by atoms with Gasteiger partial charge >= 0.3 is 0 Å². The van der Waals surface area contributed by atoms with Gasteiger partial charge in [-0.3, -0.25) is 0 Å². The molecule has 1 aromatic rings. The average molecular weight is 259 g/mol. The molecule has 2 fully saturated rings. The number of hydrogen-bond donors (Lipinski definition) is 1. The Morgan fingerprint density at radius 2 is 2.00 bits per heavy atom. The van der Waals surface area contributed by atoms with E-state index in [1.54, 1.807) is 5.69 Å². The molecule has 0 atom stereocenters. The first-order valence-corrected chi connectivity index (χ1v) is 8.17. The molecular weight excluding hydrogens is 234 g/mol. The van der Waals surface area contributed by atoms with Gasteiger partial charge < -0.3 is 9.88 Å². The van der Waals surface area contributed by atoms with Gasteiger partial charge in [0.15, 0.2) is 0 Å². The van der Waals surface area contributed by atoms with E-state index in [1.807, 2.05) is 0 Å². The lowest BCUT2D eigenvalue weighted by Gasteiger charge is -2.36. The molecule has 104 valence electrons. The minimum absolute atomic E-state index is 0.280. The topological polar surface area (TPSA) is 29.9 Å². The number of nitrogens with zero attached hydrogens (tertiary/aromatic N) is 2. The predicted molar refractivity (Wildman–Crippen MR) is 76.0 cm³/mol. The first-order chi connectivity index (χ1) is 9.37. The van der Waals surface area contributed by atoms with Crippen LogP contribution < -0.4 is 5.32 Å². The third-order valence-corrected chi connectivity index (χ3v) is 5.58. The van der Waals surface area contributed by atoms with Gasteiger partial charge in [0, 0.05) is 19.5 Å². The van der Waals surface area contributed by atoms with E-state index in [4.69, 9.17) is 4.98 Å². The highest BCUT2D eigenvalue weighted by Gasteiger charge is 2.42. The van der Waals surface area contributed by atoms with Crippen molar-refractivity contribution in [2.75, 3.05) is 6.54 Å². The maximum Gasteiger partial charge on any atom is 0.0952 e. The highest BCUT2D eigenvalue weighted by Crippen LogP contribution is 2.42. The lowest BCUT2D eigenvalue weighted by molar-refractivity contribution is 0.293. The quantitative estimate of drug-likeness (QED) is 0.885. The maximum atomic E-state index is 4.74. The van der Waals surface area contributed by atoms with Crippen LogP contribution in [0.3, 0.4) is 0 Å². The molecule has 2 heterocycles. The normalized spacial score (nSPS) is 26.1. The van der Waals surface area contributed by atoms with E-state index >= 15 is 0 Å². The Labute approximate surface area is 115 Å². The minimum Gasteiger partial charge on any atom is -0.332 e. The summed E-state index contributed by atoms with van der Waals surface area (Å²) in [6.45, 7) is 2.33. The van der Waals surface area contributed by atoms with Crippen LogP contribution in [0.25, 0.3) is 0 Å². The SMILES string of the molecule is c1nc2c(n1CC1CCCC1)C1(CCCC1)NCC2. The molecule has 0 bridgehead atoms. The second-order valence-electron chi connectivity index (χ2n) is 6.81. The molecule has 2 saturated carbocycles. The summed E-state index contributed by atoms with van der Waals surface area (Å²) in [5.41, 5.74) is 3.23. The van der Waals surface area contributed by atoms with Gasteiger partial charge in [-0.05, 0) is 31.6 Å². The molecule has 0 amide bonds. The second kappa shape index (κ2) is 4.62. The molecule has 0 aromatic carbocycles. The third kappa shape index (κ3) is 1.94. The molecule has 1 N–H and O–H groups in total. The standard InChI is InChI=1S/C16H25N3/c1-2-6-13(5-1)11-19-12-17-14-7-10-18-16(15(14)19)8-3-4-9-16/h12-13,18H,1-11H2. The molecule has 1 aliphatic heterocycles. The third-order valence-electron chi connectivity index (χ3n) is 5.58. The number of fused-ring (bicyclic) bond motifs is 2. The Balaban J connectivity index is 1.67. The summed E-state index contributed by atoms with van der Waals surface area (Å²) in [5.74, 6) is 0.902. The van der Waals surface area contributed by atoms with Crippen molar-refractivity contribution in [3.63, 3.8) is 0 Å². The second-order valence-corrected chi connectivity index (χ2v) is 6.81. The van der Waals surface area contributed by atoms with Gasteiger partial charge in [-0.2, -0.15) is 0 Å². The highest BCUT2D eigenvalue weighted by molar-refractivity contribution is 5.28. The summed E-state index contributed by atoms with van der Waals surface area (Å²) in [4.78, 5) is 4.74. The van der Waals surface area contributed by atoms with E-state index in [1.165, 1.54) is 63.6 Å². The summed E-state index contributed by atoms with van der Waals surface area (Å²) >= 11 is 0. The highest BCUT2D eigenvalue weighted by atomic mass is 15.1. The number of nitrogens with one attached hydrogen (secondary N) is 1. The molecule has 4 rings (SSSR count). The molecule has 0 unspecified atom stereocenters. The van der Waals surface area contributed by atoms with E-state index in [0.29, 0.717) is 0 Å². The number of rotatable bonds is 2. The minimum atomic E-state index is 0.280. The van der Waals surface area contributed by atoms with E-state index in [0.717, 1.165) is 18.9 Å². The van der Waals surface area contributed by atoms with E-state index in [9.17, 15) is 0 Å². The van der Waals surface area contributed by atoms with Crippen molar-refractivity contribution in [1.29, 1.82) is 0 Å². The molecule has 2 aliphatic carbocycles. The fourth-order valence-corrected chi connectivity index (χ4v) is 4.66. The van der Waals surface area contributed by atoms with Crippen LogP contribution in [-0.2, 0) is 18.5 Å². The first kappa shape index (κ1) is 12.0. The lowest BCUT2D eigenvalue weighted by atomic mass is 9.87. The van der Waals surface area contributed by atoms with Crippen LogP contribution in [0.5, 0.6) is 0 Å². The molecule has 0 saturated heterocycles. The van der Waals surface area contributed by atoms with Crippen LogP contribution in [0.2, 0.25) is 0 Å². The first-order valence-electron chi connectivity index (χ1n) is 8.17. The van der Waals surface area contributed by atoms with Crippen molar-refractivity contribution in [2.45, 2.75) is 69.9 Å². The molecule has 3 aliphatic rings. The zero-order valence-electron chi connectivity index (χ0n) is 11.8. The monoisotopic (exact) mass is 259 g/mol. The molecule has 19 heavy (non-hydrogen) atoms. The molecule has 3 heteroatoms. The van der Waals surface area contributed by atoms with Gasteiger partial charge in [0.25, 0.3) is 0 Å². The summed E-state index contributed by atoms with van der Waals surface area (Å²) in [7, 11) is 0. The van der Waals surface area contributed by atoms with Crippen LogP contribution in [0.15, 0.2) is 6.33 Å². The van der Waals surface area contributed by atoms with Crippen LogP contribution in [0.1, 0.15) is 62.8 Å². The summed E-state index contributed by atoms with van der Waals surface area (Å²) in [5, 5.41) is 3.84. The van der Waals surface area contributed by atoms with Gasteiger partial charge in [0.05, 0.1) is 23.3 Å². The summed E-state index contributed by atoms with van der Waals surface area (Å²) in [6, 6.07) is 0. The van der Waals surface area contributed by atoms with Gasteiger partial charge in [0.1, 0.15) is 0 Å². The van der Waals surface area contributed by atoms with Crippen LogP contribution in [0.4, 0.5) is 0 Å². The molecular formula is C16H25N3. The molecule has 0 radical (unpaired) electrons. The average Bonchev–Trinajstić information content (AvgIpc) is 3.13. The van der Waals surface area contributed by atoms with Crippen LogP contribution in [-0.4, -0.2) is 16.1 Å². The predicted octanol–water partition coefficient (Wildman–Crippen LogP) is 2.99. The summed E-state index contributed by atoms with van der Waals surface area (Å²) < 4.78 is 2.52. The Morgan fingerprint density at radius 1 is 1.21 bits per heavy atom. The van der Waals surface area contributed by atoms with E-state index in [2.05, 4.69) is 16.2 Å². The van der Waals surface area contributed by atoms with Gasteiger partial charge in [-0.1, -0.05) is 25.7 Å². The van der Waals surface area contributed by atoms with E-state index < -0.39 is 0 Å². The van der Waals surface area contributed by atoms with Gasteiger partial charge in [-0.15, -0.1) is 0 Å².